The molecular formula is C16H20N4O3S. The van der Waals surface area contributed by atoms with E-state index in [1.54, 1.807) is 29.3 Å². The standard InChI is InChI=1S/C16H20N4O3S/c1-11-17-10-14(19-11)5-7-18-24(22,23)15-3-4-16-13(9-15)6-8-20(16)12(2)21/h3-4,9-10,18H,5-8H2,1-2H3,(H,17,19). The van der Waals surface area contributed by atoms with Crippen LogP contribution in [0.5, 0.6) is 0 Å². The fourth-order valence-electron chi connectivity index (χ4n) is 2.87. The van der Waals surface area contributed by atoms with Crippen LogP contribution in [0, 0.1) is 6.92 Å². The number of rotatable bonds is 5. The highest BCUT2D eigenvalue weighted by Gasteiger charge is 2.24. The average Bonchev–Trinajstić information content (AvgIpc) is 3.12. The molecule has 128 valence electrons. The molecule has 3 rings (SSSR count). The summed E-state index contributed by atoms with van der Waals surface area (Å²) in [6, 6.07) is 4.90. The number of nitrogens with zero attached hydrogens (tertiary/aromatic N) is 2. The summed E-state index contributed by atoms with van der Waals surface area (Å²) >= 11 is 0. The Bertz CT molecular complexity index is 873. The molecule has 1 aliphatic rings. The summed E-state index contributed by atoms with van der Waals surface area (Å²) in [4.78, 5) is 20.6. The number of hydrogen-bond donors (Lipinski definition) is 2. The molecule has 0 saturated heterocycles. The maximum absolute atomic E-state index is 12.4. The number of nitrogens with one attached hydrogen (secondary N) is 2. The Hall–Kier alpha value is -2.19. The molecule has 0 atom stereocenters. The lowest BCUT2D eigenvalue weighted by atomic mass is 10.2. The van der Waals surface area contributed by atoms with E-state index in [0.717, 1.165) is 22.8 Å². The monoisotopic (exact) mass is 348 g/mol. The molecule has 2 aromatic rings. The molecule has 24 heavy (non-hydrogen) atoms. The van der Waals surface area contributed by atoms with Gasteiger partial charge in [0.15, 0.2) is 0 Å². The zero-order chi connectivity index (χ0) is 17.3. The van der Waals surface area contributed by atoms with E-state index in [9.17, 15) is 13.2 Å². The van der Waals surface area contributed by atoms with Gasteiger partial charge in [-0.25, -0.2) is 18.1 Å². The summed E-state index contributed by atoms with van der Waals surface area (Å²) in [7, 11) is -3.57. The van der Waals surface area contributed by atoms with Crippen molar-refractivity contribution >= 4 is 21.6 Å². The third kappa shape index (κ3) is 3.34. The summed E-state index contributed by atoms with van der Waals surface area (Å²) < 4.78 is 27.5. The van der Waals surface area contributed by atoms with Crippen LogP contribution in [0.2, 0.25) is 0 Å². The van der Waals surface area contributed by atoms with Crippen LogP contribution in [0.1, 0.15) is 24.0 Å². The van der Waals surface area contributed by atoms with Crippen molar-refractivity contribution in [3.05, 3.63) is 41.5 Å². The van der Waals surface area contributed by atoms with Crippen molar-refractivity contribution in [2.45, 2.75) is 31.6 Å². The first-order valence-corrected chi connectivity index (χ1v) is 9.26. The first kappa shape index (κ1) is 16.7. The zero-order valence-corrected chi connectivity index (χ0v) is 14.5. The molecule has 0 unspecified atom stereocenters. The minimum atomic E-state index is -3.57. The van der Waals surface area contributed by atoms with Gasteiger partial charge in [-0.2, -0.15) is 0 Å². The lowest BCUT2D eigenvalue weighted by molar-refractivity contribution is -0.116. The fraction of sp³-hybridized carbons (Fsp3) is 0.375. The van der Waals surface area contributed by atoms with E-state index in [1.807, 2.05) is 6.92 Å². The number of fused-ring (bicyclic) bond motifs is 1. The topological polar surface area (TPSA) is 95.2 Å². The van der Waals surface area contributed by atoms with E-state index in [-0.39, 0.29) is 10.8 Å². The molecule has 0 spiro atoms. The Balaban J connectivity index is 1.70. The Morgan fingerprint density at radius 3 is 2.88 bits per heavy atom. The number of aryl methyl sites for hydroxylation is 1. The normalized spacial score (nSPS) is 14.0. The van der Waals surface area contributed by atoms with Gasteiger partial charge in [0, 0.05) is 44.0 Å². The van der Waals surface area contributed by atoms with Crippen molar-refractivity contribution in [1.29, 1.82) is 0 Å². The van der Waals surface area contributed by atoms with Crippen LogP contribution in [0.4, 0.5) is 5.69 Å². The predicted molar refractivity (Wildman–Crippen MR) is 90.4 cm³/mol. The Morgan fingerprint density at radius 2 is 2.21 bits per heavy atom. The minimum absolute atomic E-state index is 0.0302. The minimum Gasteiger partial charge on any atom is -0.346 e. The molecule has 0 bridgehead atoms. The number of amides is 1. The van der Waals surface area contributed by atoms with E-state index >= 15 is 0 Å². The number of sulfonamides is 1. The van der Waals surface area contributed by atoms with Gasteiger partial charge in [-0.15, -0.1) is 0 Å². The molecule has 8 heteroatoms. The van der Waals surface area contributed by atoms with Crippen LogP contribution in [-0.4, -0.2) is 37.4 Å². The van der Waals surface area contributed by atoms with Gasteiger partial charge >= 0.3 is 0 Å². The molecule has 0 radical (unpaired) electrons. The van der Waals surface area contributed by atoms with Crippen molar-refractivity contribution in [2.24, 2.45) is 0 Å². The van der Waals surface area contributed by atoms with Gasteiger partial charge in [0.25, 0.3) is 0 Å². The molecule has 0 saturated carbocycles. The second-order valence-electron chi connectivity index (χ2n) is 5.85. The largest absolute Gasteiger partial charge is 0.346 e. The quantitative estimate of drug-likeness (QED) is 0.847. The molecule has 0 aliphatic carbocycles. The van der Waals surface area contributed by atoms with E-state index < -0.39 is 10.0 Å². The van der Waals surface area contributed by atoms with Gasteiger partial charge in [-0.3, -0.25) is 4.79 Å². The number of anilines is 1. The van der Waals surface area contributed by atoms with Crippen LogP contribution in [0.15, 0.2) is 29.3 Å². The van der Waals surface area contributed by atoms with E-state index in [1.165, 1.54) is 6.92 Å². The molecule has 1 amide bonds. The number of carbonyl (C=O) groups excluding carboxylic acids is 1. The van der Waals surface area contributed by atoms with E-state index in [0.29, 0.717) is 25.9 Å². The Morgan fingerprint density at radius 1 is 1.42 bits per heavy atom. The molecule has 1 aromatic heterocycles. The fourth-order valence-corrected chi connectivity index (χ4v) is 3.96. The summed E-state index contributed by atoms with van der Waals surface area (Å²) in [5.41, 5.74) is 2.58. The highest BCUT2D eigenvalue weighted by molar-refractivity contribution is 7.89. The van der Waals surface area contributed by atoms with E-state index in [4.69, 9.17) is 0 Å². The summed E-state index contributed by atoms with van der Waals surface area (Å²) in [6.45, 7) is 4.25. The second-order valence-corrected chi connectivity index (χ2v) is 7.62. The molecule has 0 fully saturated rings. The van der Waals surface area contributed by atoms with Crippen molar-refractivity contribution in [3.63, 3.8) is 0 Å². The number of aromatic nitrogens is 2. The van der Waals surface area contributed by atoms with Gasteiger partial charge in [0.05, 0.1) is 4.90 Å². The van der Waals surface area contributed by atoms with Gasteiger partial charge in [0.2, 0.25) is 15.9 Å². The molecule has 2 heterocycles. The number of aromatic amines is 1. The van der Waals surface area contributed by atoms with Gasteiger partial charge < -0.3 is 9.88 Å². The lowest BCUT2D eigenvalue weighted by Crippen LogP contribution is -2.26. The maximum Gasteiger partial charge on any atom is 0.240 e. The molecule has 1 aliphatic heterocycles. The van der Waals surface area contributed by atoms with Gasteiger partial charge in [-0.1, -0.05) is 0 Å². The van der Waals surface area contributed by atoms with Crippen LogP contribution >= 0.6 is 0 Å². The van der Waals surface area contributed by atoms with Gasteiger partial charge in [-0.05, 0) is 37.1 Å². The number of benzene rings is 1. The van der Waals surface area contributed by atoms with Crippen molar-refractivity contribution in [2.75, 3.05) is 18.0 Å². The zero-order valence-electron chi connectivity index (χ0n) is 13.7. The first-order valence-electron chi connectivity index (χ1n) is 7.78. The molecular weight excluding hydrogens is 328 g/mol. The molecule has 1 aromatic carbocycles. The number of imidazole rings is 1. The van der Waals surface area contributed by atoms with Crippen molar-refractivity contribution in [3.8, 4) is 0 Å². The maximum atomic E-state index is 12.4. The summed E-state index contributed by atoms with van der Waals surface area (Å²) in [6.07, 6.45) is 2.92. The molecule has 7 nitrogen and oxygen atoms in total. The highest BCUT2D eigenvalue weighted by atomic mass is 32.2. The van der Waals surface area contributed by atoms with Crippen LogP contribution in [0.3, 0.4) is 0 Å². The molecule has 2 N–H and O–H groups in total. The first-order chi connectivity index (χ1) is 11.4. The van der Waals surface area contributed by atoms with Crippen molar-refractivity contribution < 1.29 is 13.2 Å². The number of hydrogen-bond acceptors (Lipinski definition) is 4. The van der Waals surface area contributed by atoms with Crippen molar-refractivity contribution in [1.82, 2.24) is 14.7 Å². The van der Waals surface area contributed by atoms with Crippen LogP contribution in [-0.2, 0) is 27.7 Å². The van der Waals surface area contributed by atoms with E-state index in [2.05, 4.69) is 14.7 Å². The summed E-state index contributed by atoms with van der Waals surface area (Å²) in [5, 5.41) is 0. The smallest absolute Gasteiger partial charge is 0.240 e. The average molecular weight is 348 g/mol. The highest BCUT2D eigenvalue weighted by Crippen LogP contribution is 2.30. The second kappa shape index (κ2) is 6.37. The number of carbonyl (C=O) groups is 1. The Kier molecular flexibility index (Phi) is 4.42. The summed E-state index contributed by atoms with van der Waals surface area (Å²) in [5.74, 6) is 0.777. The Labute approximate surface area is 141 Å². The third-order valence-electron chi connectivity index (χ3n) is 4.08. The predicted octanol–water partition coefficient (Wildman–Crippen LogP) is 1.15. The lowest BCUT2D eigenvalue weighted by Gasteiger charge is -2.15. The number of H-pyrrole nitrogens is 1. The third-order valence-corrected chi connectivity index (χ3v) is 5.54. The van der Waals surface area contributed by atoms with Crippen LogP contribution in [0.25, 0.3) is 0 Å². The van der Waals surface area contributed by atoms with Crippen LogP contribution < -0.4 is 9.62 Å². The van der Waals surface area contributed by atoms with Gasteiger partial charge in [0.1, 0.15) is 5.82 Å². The SMILES string of the molecule is CC(=O)N1CCc2cc(S(=O)(=O)NCCc3cnc(C)[nH]3)ccc21.